The molecular weight excluding hydrogens is 278 g/mol. The van der Waals surface area contributed by atoms with Crippen molar-refractivity contribution >= 4 is 17.9 Å². The summed E-state index contributed by atoms with van der Waals surface area (Å²) in [7, 11) is 0. The summed E-state index contributed by atoms with van der Waals surface area (Å²) in [6, 6.07) is 0. The third kappa shape index (κ3) is 5.00. The number of carbonyl (C=O) groups excluding carboxylic acids is 1. The van der Waals surface area contributed by atoms with Crippen molar-refractivity contribution in [3.05, 3.63) is 0 Å². The summed E-state index contributed by atoms with van der Waals surface area (Å²) in [6.45, 7) is 9.64. The Morgan fingerprint density at radius 1 is 1.05 bits per heavy atom. The van der Waals surface area contributed by atoms with E-state index in [0.29, 0.717) is 0 Å². The molecule has 21 heavy (non-hydrogen) atoms. The second-order valence-corrected chi connectivity index (χ2v) is 7.19. The van der Waals surface area contributed by atoms with Gasteiger partial charge in [0.05, 0.1) is 6.42 Å². The topological polar surface area (TPSA) is 127 Å². The summed E-state index contributed by atoms with van der Waals surface area (Å²) in [4.78, 5) is 34.9. The lowest BCUT2D eigenvalue weighted by Crippen LogP contribution is -2.65. The van der Waals surface area contributed by atoms with Crippen molar-refractivity contribution < 1.29 is 29.3 Å². The highest BCUT2D eigenvalue weighted by Crippen LogP contribution is 2.37. The standard InChI is InChI=1S/C14H25NO6/c1-12(2,3)8(7-9(16)17)14(15,10(18)19)11(20)21-13(4,5)6/h8H,7,15H2,1-6H3,(H,16,17)(H,18,19). The predicted octanol–water partition coefficient (Wildman–Crippen LogP) is 1.25. The molecule has 0 rings (SSSR count). The molecule has 0 aliphatic heterocycles. The maximum absolute atomic E-state index is 12.3. The van der Waals surface area contributed by atoms with E-state index in [0.717, 1.165) is 0 Å². The fourth-order valence-corrected chi connectivity index (χ4v) is 2.07. The SMILES string of the molecule is CC(C)(C)OC(=O)C(N)(C(=O)O)C(CC(=O)O)C(C)(C)C. The number of aliphatic carboxylic acids is 2. The molecule has 0 aromatic rings. The van der Waals surface area contributed by atoms with Gasteiger partial charge in [-0.15, -0.1) is 0 Å². The maximum atomic E-state index is 12.3. The van der Waals surface area contributed by atoms with Crippen molar-refractivity contribution in [2.24, 2.45) is 17.1 Å². The van der Waals surface area contributed by atoms with E-state index in [2.05, 4.69) is 0 Å². The summed E-state index contributed by atoms with van der Waals surface area (Å²) < 4.78 is 5.08. The number of rotatable bonds is 5. The van der Waals surface area contributed by atoms with Crippen LogP contribution in [0.25, 0.3) is 0 Å². The average Bonchev–Trinajstić information content (AvgIpc) is 2.20. The molecule has 0 bridgehead atoms. The fourth-order valence-electron chi connectivity index (χ4n) is 2.07. The lowest BCUT2D eigenvalue weighted by atomic mass is 9.67. The van der Waals surface area contributed by atoms with Crippen LogP contribution in [-0.4, -0.2) is 39.3 Å². The van der Waals surface area contributed by atoms with Crippen LogP contribution in [0.15, 0.2) is 0 Å². The minimum Gasteiger partial charge on any atom is -0.481 e. The Morgan fingerprint density at radius 2 is 1.48 bits per heavy atom. The van der Waals surface area contributed by atoms with E-state index < -0.39 is 46.8 Å². The third-order valence-corrected chi connectivity index (χ3v) is 3.06. The van der Waals surface area contributed by atoms with Crippen molar-refractivity contribution in [3.63, 3.8) is 0 Å². The minimum absolute atomic E-state index is 0.550. The van der Waals surface area contributed by atoms with Gasteiger partial charge in [-0.1, -0.05) is 20.8 Å². The van der Waals surface area contributed by atoms with Crippen LogP contribution in [0.4, 0.5) is 0 Å². The number of esters is 1. The summed E-state index contributed by atoms with van der Waals surface area (Å²) in [5.41, 5.74) is 1.66. The number of hydrogen-bond acceptors (Lipinski definition) is 5. The lowest BCUT2D eigenvalue weighted by molar-refractivity contribution is -0.175. The van der Waals surface area contributed by atoms with E-state index in [-0.39, 0.29) is 0 Å². The Kier molecular flexibility index (Phi) is 5.54. The van der Waals surface area contributed by atoms with E-state index in [9.17, 15) is 19.5 Å². The van der Waals surface area contributed by atoms with E-state index in [1.807, 2.05) is 0 Å². The molecule has 122 valence electrons. The zero-order chi connectivity index (χ0) is 17.2. The van der Waals surface area contributed by atoms with Gasteiger partial charge in [0.25, 0.3) is 0 Å². The molecule has 7 heteroatoms. The van der Waals surface area contributed by atoms with Crippen LogP contribution in [0.2, 0.25) is 0 Å². The van der Waals surface area contributed by atoms with Gasteiger partial charge in [0.2, 0.25) is 5.54 Å². The molecule has 0 aromatic carbocycles. The number of ether oxygens (including phenoxy) is 1. The highest BCUT2D eigenvalue weighted by molar-refractivity contribution is 6.04. The van der Waals surface area contributed by atoms with Gasteiger partial charge in [-0.25, -0.2) is 9.59 Å². The molecule has 0 amide bonds. The first-order valence-corrected chi connectivity index (χ1v) is 6.60. The Labute approximate surface area is 124 Å². The van der Waals surface area contributed by atoms with Crippen LogP contribution in [0.1, 0.15) is 48.0 Å². The van der Waals surface area contributed by atoms with Crippen molar-refractivity contribution in [1.82, 2.24) is 0 Å². The van der Waals surface area contributed by atoms with Gasteiger partial charge in [-0.2, -0.15) is 0 Å². The van der Waals surface area contributed by atoms with Gasteiger partial charge >= 0.3 is 17.9 Å². The van der Waals surface area contributed by atoms with Crippen molar-refractivity contribution in [1.29, 1.82) is 0 Å². The first-order valence-electron chi connectivity index (χ1n) is 6.60. The van der Waals surface area contributed by atoms with Crippen LogP contribution >= 0.6 is 0 Å². The summed E-state index contributed by atoms with van der Waals surface area (Å²) in [6.07, 6.45) is -0.550. The normalized spacial score (nSPS) is 16.7. The van der Waals surface area contributed by atoms with Crippen LogP contribution in [0.5, 0.6) is 0 Å². The molecule has 0 radical (unpaired) electrons. The first kappa shape index (κ1) is 19.4. The average molecular weight is 303 g/mol. The van der Waals surface area contributed by atoms with Gasteiger partial charge in [-0.3, -0.25) is 4.79 Å². The van der Waals surface area contributed by atoms with Crippen LogP contribution in [-0.2, 0) is 19.1 Å². The largest absolute Gasteiger partial charge is 0.481 e. The second-order valence-electron chi connectivity index (χ2n) is 7.19. The van der Waals surface area contributed by atoms with Gasteiger partial charge in [0.1, 0.15) is 5.60 Å². The Hall–Kier alpha value is -1.63. The summed E-state index contributed by atoms with van der Waals surface area (Å²) in [5.74, 6) is -5.09. The lowest BCUT2D eigenvalue weighted by Gasteiger charge is -2.40. The molecule has 4 N–H and O–H groups in total. The second kappa shape index (κ2) is 6.01. The molecule has 2 unspecified atom stereocenters. The predicted molar refractivity (Wildman–Crippen MR) is 75.6 cm³/mol. The fraction of sp³-hybridized carbons (Fsp3) is 0.786. The van der Waals surface area contributed by atoms with E-state index in [1.54, 1.807) is 41.5 Å². The van der Waals surface area contributed by atoms with E-state index in [1.165, 1.54) is 0 Å². The van der Waals surface area contributed by atoms with Gasteiger partial charge in [0, 0.05) is 5.92 Å². The highest BCUT2D eigenvalue weighted by Gasteiger charge is 2.56. The number of nitrogens with two attached hydrogens (primary N) is 1. The van der Waals surface area contributed by atoms with Gasteiger partial charge in [0.15, 0.2) is 0 Å². The molecule has 0 fully saturated rings. The molecule has 7 nitrogen and oxygen atoms in total. The van der Waals surface area contributed by atoms with Crippen LogP contribution in [0.3, 0.4) is 0 Å². The Balaban J connectivity index is 5.85. The van der Waals surface area contributed by atoms with E-state index >= 15 is 0 Å². The zero-order valence-electron chi connectivity index (χ0n) is 13.4. The molecule has 0 spiro atoms. The molecule has 0 aromatic heterocycles. The molecule has 0 aliphatic rings. The molecule has 2 atom stereocenters. The molecular formula is C14H25NO6. The summed E-state index contributed by atoms with van der Waals surface area (Å²) in [5, 5.41) is 18.4. The smallest absolute Gasteiger partial charge is 0.338 e. The van der Waals surface area contributed by atoms with Crippen LogP contribution < -0.4 is 5.73 Å². The molecule has 0 saturated heterocycles. The van der Waals surface area contributed by atoms with Crippen LogP contribution in [0, 0.1) is 11.3 Å². The van der Waals surface area contributed by atoms with Gasteiger partial charge < -0.3 is 20.7 Å². The summed E-state index contributed by atoms with van der Waals surface area (Å²) >= 11 is 0. The Bertz CT molecular complexity index is 432. The van der Waals surface area contributed by atoms with Crippen molar-refractivity contribution in [3.8, 4) is 0 Å². The molecule has 0 aliphatic carbocycles. The van der Waals surface area contributed by atoms with Crippen molar-refractivity contribution in [2.45, 2.75) is 59.1 Å². The minimum atomic E-state index is -2.43. The zero-order valence-corrected chi connectivity index (χ0v) is 13.4. The van der Waals surface area contributed by atoms with Crippen molar-refractivity contribution in [2.75, 3.05) is 0 Å². The number of hydrogen-bond donors (Lipinski definition) is 3. The first-order chi connectivity index (χ1) is 9.12. The number of carbonyl (C=O) groups is 3. The van der Waals surface area contributed by atoms with E-state index in [4.69, 9.17) is 15.6 Å². The Morgan fingerprint density at radius 3 is 1.71 bits per heavy atom. The highest BCUT2D eigenvalue weighted by atomic mass is 16.6. The third-order valence-electron chi connectivity index (χ3n) is 3.06. The molecule has 0 saturated carbocycles. The van der Waals surface area contributed by atoms with Gasteiger partial charge in [-0.05, 0) is 26.2 Å². The number of carboxylic acid groups (broad SMARTS) is 2. The maximum Gasteiger partial charge on any atom is 0.338 e. The quantitative estimate of drug-likeness (QED) is 0.515. The molecule has 0 heterocycles. The number of carboxylic acids is 2. The monoisotopic (exact) mass is 303 g/mol.